The van der Waals surface area contributed by atoms with E-state index < -0.39 is 12.0 Å². The summed E-state index contributed by atoms with van der Waals surface area (Å²) in [6.07, 6.45) is 6.27. The fraction of sp³-hybridized carbons (Fsp3) is 0.421. The number of hydrogen-bond donors (Lipinski definition) is 1. The number of aromatic nitrogens is 2. The molecule has 4 aromatic rings. The summed E-state index contributed by atoms with van der Waals surface area (Å²) in [6.45, 7) is 13.3. The summed E-state index contributed by atoms with van der Waals surface area (Å²) in [4.78, 5) is 30.0. The Bertz CT molecular complexity index is 1490. The topological polar surface area (TPSA) is 104 Å². The van der Waals surface area contributed by atoms with Crippen molar-refractivity contribution in [2.24, 2.45) is 0 Å². The summed E-state index contributed by atoms with van der Waals surface area (Å²) < 4.78 is 16.3. The molecule has 1 amide bonds. The van der Waals surface area contributed by atoms with Crippen molar-refractivity contribution < 1.29 is 23.6 Å². The molecule has 8 heteroatoms. The lowest BCUT2D eigenvalue weighted by molar-refractivity contribution is -0.142. The molecule has 0 saturated carbocycles. The second-order valence-corrected chi connectivity index (χ2v) is 12.0. The fourth-order valence-corrected chi connectivity index (χ4v) is 4.77. The molecule has 0 radical (unpaired) electrons. The maximum atomic E-state index is 12.9. The van der Waals surface area contributed by atoms with Crippen molar-refractivity contribution in [1.82, 2.24) is 15.5 Å². The van der Waals surface area contributed by atoms with Crippen LogP contribution < -0.4 is 10.1 Å². The van der Waals surface area contributed by atoms with Crippen molar-refractivity contribution in [3.63, 3.8) is 0 Å². The van der Waals surface area contributed by atoms with Gasteiger partial charge < -0.3 is 19.3 Å². The highest BCUT2D eigenvalue weighted by Crippen LogP contribution is 2.25. The molecule has 246 valence electrons. The molecular formula is C38H49N3O5. The quantitative estimate of drug-likeness (QED) is 0.110. The standard InChI is InChI=1S/C36H43N3O5.C2H6/c1-6-7-8-9-10-23-43-30-21-17-28(18-22-30)34-38-32(39-44-34)26-13-11-25(12-14-26)24-31(35(41)42-5)37-33(40)27-15-19-29(20-16-27)36(2,3)4;1-2/h11-22,31H,6-10,23-24H2,1-5H3,(H,37,40);1-2H3. The van der Waals surface area contributed by atoms with Crippen LogP contribution in [-0.4, -0.2) is 41.8 Å². The predicted molar refractivity (Wildman–Crippen MR) is 183 cm³/mol. The molecule has 0 aliphatic heterocycles. The van der Waals surface area contributed by atoms with Gasteiger partial charge in [-0.1, -0.05) is 109 Å². The van der Waals surface area contributed by atoms with E-state index in [2.05, 4.69) is 43.2 Å². The molecule has 0 aliphatic rings. The number of carbonyl (C=O) groups excluding carboxylic acids is 2. The van der Waals surface area contributed by atoms with Gasteiger partial charge in [0.05, 0.1) is 13.7 Å². The van der Waals surface area contributed by atoms with Crippen molar-refractivity contribution >= 4 is 11.9 Å². The molecule has 1 N–H and O–H groups in total. The zero-order valence-electron chi connectivity index (χ0n) is 28.4. The molecule has 0 saturated heterocycles. The molecule has 1 atom stereocenters. The van der Waals surface area contributed by atoms with E-state index in [-0.39, 0.29) is 17.7 Å². The molecule has 4 rings (SSSR count). The zero-order chi connectivity index (χ0) is 33.5. The second-order valence-electron chi connectivity index (χ2n) is 12.0. The number of hydrogen-bond acceptors (Lipinski definition) is 7. The number of unbranched alkanes of at least 4 members (excludes halogenated alkanes) is 4. The molecule has 1 aromatic heterocycles. The van der Waals surface area contributed by atoms with E-state index >= 15 is 0 Å². The number of ether oxygens (including phenoxy) is 2. The smallest absolute Gasteiger partial charge is 0.328 e. The summed E-state index contributed by atoms with van der Waals surface area (Å²) in [7, 11) is 1.31. The van der Waals surface area contributed by atoms with E-state index in [0.717, 1.165) is 34.4 Å². The first-order valence-corrected chi connectivity index (χ1v) is 16.3. The van der Waals surface area contributed by atoms with Crippen LogP contribution in [0, 0.1) is 0 Å². The maximum absolute atomic E-state index is 12.9. The van der Waals surface area contributed by atoms with Gasteiger partial charge in [0.2, 0.25) is 5.82 Å². The molecule has 0 bridgehead atoms. The summed E-state index contributed by atoms with van der Waals surface area (Å²) >= 11 is 0. The van der Waals surface area contributed by atoms with Crippen LogP contribution in [0.4, 0.5) is 0 Å². The third-order valence-electron chi connectivity index (χ3n) is 7.50. The van der Waals surface area contributed by atoms with E-state index in [4.69, 9.17) is 14.0 Å². The Morgan fingerprint density at radius 3 is 2.09 bits per heavy atom. The number of methoxy groups -OCH3 is 1. The van der Waals surface area contributed by atoms with E-state index in [0.29, 0.717) is 23.9 Å². The number of carbonyl (C=O) groups is 2. The number of rotatable bonds is 14. The van der Waals surface area contributed by atoms with Gasteiger partial charge >= 0.3 is 5.97 Å². The van der Waals surface area contributed by atoms with Crippen LogP contribution in [0.15, 0.2) is 77.3 Å². The lowest BCUT2D eigenvalue weighted by Crippen LogP contribution is -2.43. The molecule has 0 aliphatic carbocycles. The van der Waals surface area contributed by atoms with Gasteiger partial charge in [-0.25, -0.2) is 4.79 Å². The van der Waals surface area contributed by atoms with Crippen LogP contribution >= 0.6 is 0 Å². The number of benzene rings is 3. The van der Waals surface area contributed by atoms with Crippen molar-refractivity contribution in [2.75, 3.05) is 13.7 Å². The zero-order valence-corrected chi connectivity index (χ0v) is 28.4. The van der Waals surface area contributed by atoms with Gasteiger partial charge in [0.1, 0.15) is 11.8 Å². The molecule has 46 heavy (non-hydrogen) atoms. The lowest BCUT2D eigenvalue weighted by Gasteiger charge is -2.20. The SMILES string of the molecule is CC.CCCCCCCOc1ccc(-c2nc(-c3ccc(CC(NC(=O)c4ccc(C(C)(C)C)cc4)C(=O)OC)cc3)no2)cc1. The number of amides is 1. The van der Waals surface area contributed by atoms with Gasteiger partial charge in [0.15, 0.2) is 0 Å². The molecule has 8 nitrogen and oxygen atoms in total. The van der Waals surface area contributed by atoms with Crippen LogP contribution in [0.5, 0.6) is 5.75 Å². The minimum Gasteiger partial charge on any atom is -0.494 e. The van der Waals surface area contributed by atoms with Crippen LogP contribution in [0.2, 0.25) is 0 Å². The number of esters is 1. The highest BCUT2D eigenvalue weighted by molar-refractivity contribution is 5.96. The first kappa shape index (κ1) is 36.0. The number of nitrogens with zero attached hydrogens (tertiary/aromatic N) is 2. The highest BCUT2D eigenvalue weighted by Gasteiger charge is 2.23. The Balaban J connectivity index is 0.00000282. The van der Waals surface area contributed by atoms with Crippen LogP contribution in [0.25, 0.3) is 22.8 Å². The van der Waals surface area contributed by atoms with Crippen molar-refractivity contribution in [3.8, 4) is 28.6 Å². The predicted octanol–water partition coefficient (Wildman–Crippen LogP) is 8.59. The molecule has 0 spiro atoms. The monoisotopic (exact) mass is 627 g/mol. The van der Waals surface area contributed by atoms with Crippen molar-refractivity contribution in [3.05, 3.63) is 89.5 Å². The summed E-state index contributed by atoms with van der Waals surface area (Å²) in [5.74, 6) is 0.841. The third-order valence-corrected chi connectivity index (χ3v) is 7.50. The first-order chi connectivity index (χ1) is 22.2. The molecule has 0 fully saturated rings. The Hall–Kier alpha value is -4.46. The van der Waals surface area contributed by atoms with Crippen LogP contribution in [0.3, 0.4) is 0 Å². The molecule has 1 heterocycles. The summed E-state index contributed by atoms with van der Waals surface area (Å²) in [6, 6.07) is 21.7. The van der Waals surface area contributed by atoms with Gasteiger partial charge in [0, 0.05) is 23.1 Å². The van der Waals surface area contributed by atoms with Gasteiger partial charge in [-0.05, 0) is 59.4 Å². The Kier molecular flexibility index (Phi) is 14.0. The van der Waals surface area contributed by atoms with Gasteiger partial charge in [-0.3, -0.25) is 4.79 Å². The van der Waals surface area contributed by atoms with Gasteiger partial charge in [-0.15, -0.1) is 0 Å². The average Bonchev–Trinajstić information content (AvgIpc) is 3.57. The highest BCUT2D eigenvalue weighted by atomic mass is 16.5. The van der Waals surface area contributed by atoms with Gasteiger partial charge in [0.25, 0.3) is 11.8 Å². The van der Waals surface area contributed by atoms with E-state index in [9.17, 15) is 9.59 Å². The van der Waals surface area contributed by atoms with Crippen LogP contribution in [0.1, 0.15) is 95.1 Å². The van der Waals surface area contributed by atoms with Gasteiger partial charge in [-0.2, -0.15) is 4.98 Å². The summed E-state index contributed by atoms with van der Waals surface area (Å²) in [5.41, 5.74) is 4.00. The average molecular weight is 628 g/mol. The largest absolute Gasteiger partial charge is 0.494 e. The number of nitrogens with one attached hydrogen (secondary N) is 1. The lowest BCUT2D eigenvalue weighted by atomic mass is 9.86. The van der Waals surface area contributed by atoms with Crippen molar-refractivity contribution in [1.29, 1.82) is 0 Å². The maximum Gasteiger partial charge on any atom is 0.328 e. The Morgan fingerprint density at radius 2 is 1.48 bits per heavy atom. The van der Waals surface area contributed by atoms with E-state index in [1.165, 1.54) is 32.8 Å². The first-order valence-electron chi connectivity index (χ1n) is 16.3. The minimum absolute atomic E-state index is 0.0213. The van der Waals surface area contributed by atoms with Crippen LogP contribution in [-0.2, 0) is 21.4 Å². The normalized spacial score (nSPS) is 11.6. The summed E-state index contributed by atoms with van der Waals surface area (Å²) in [5, 5.41) is 6.97. The fourth-order valence-electron chi connectivity index (χ4n) is 4.77. The van der Waals surface area contributed by atoms with Crippen molar-refractivity contribution in [2.45, 2.75) is 91.5 Å². The van der Waals surface area contributed by atoms with E-state index in [1.807, 2.05) is 74.5 Å². The third kappa shape index (κ3) is 10.6. The minimum atomic E-state index is -0.842. The second kappa shape index (κ2) is 17.9. The Labute approximate surface area is 273 Å². The molecule has 1 unspecified atom stereocenters. The van der Waals surface area contributed by atoms with E-state index in [1.54, 1.807) is 12.1 Å². The molecule has 3 aromatic carbocycles. The Morgan fingerprint density at radius 1 is 0.848 bits per heavy atom. The molecular weight excluding hydrogens is 578 g/mol.